The second-order valence-corrected chi connectivity index (χ2v) is 3.64. The minimum absolute atomic E-state index is 0.0331. The van der Waals surface area contributed by atoms with E-state index < -0.39 is 0 Å². The van der Waals surface area contributed by atoms with Gasteiger partial charge in [-0.15, -0.1) is 0 Å². The Balaban J connectivity index is 2.56. The maximum absolute atomic E-state index is 11.6. The molecular formula is C10H17N3O. The van der Waals surface area contributed by atoms with E-state index in [1.165, 1.54) is 0 Å². The van der Waals surface area contributed by atoms with Gasteiger partial charge in [0.1, 0.15) is 5.69 Å². The van der Waals surface area contributed by atoms with Crippen LogP contribution in [0, 0.1) is 5.92 Å². The van der Waals surface area contributed by atoms with Crippen molar-refractivity contribution in [1.82, 2.24) is 10.3 Å². The minimum atomic E-state index is -0.0980. The lowest BCUT2D eigenvalue weighted by Crippen LogP contribution is -2.43. The van der Waals surface area contributed by atoms with Crippen LogP contribution in [-0.2, 0) is 0 Å². The summed E-state index contributed by atoms with van der Waals surface area (Å²) in [4.78, 5) is 14.4. The summed E-state index contributed by atoms with van der Waals surface area (Å²) in [5.74, 6) is 0.248. The van der Waals surface area contributed by atoms with Gasteiger partial charge in [0.25, 0.3) is 5.91 Å². The van der Waals surface area contributed by atoms with Crippen LogP contribution in [0.15, 0.2) is 18.3 Å². The van der Waals surface area contributed by atoms with Gasteiger partial charge in [0.2, 0.25) is 0 Å². The molecule has 1 amide bonds. The third kappa shape index (κ3) is 2.60. The zero-order chi connectivity index (χ0) is 10.6. The molecule has 1 heterocycles. The maximum atomic E-state index is 11.6. The highest BCUT2D eigenvalue weighted by Gasteiger charge is 2.15. The first kappa shape index (κ1) is 10.8. The third-order valence-corrected chi connectivity index (χ3v) is 2.22. The molecule has 78 valence electrons. The molecular weight excluding hydrogens is 178 g/mol. The third-order valence-electron chi connectivity index (χ3n) is 2.22. The van der Waals surface area contributed by atoms with E-state index in [-0.39, 0.29) is 11.9 Å². The highest BCUT2D eigenvalue weighted by Crippen LogP contribution is 2.01. The van der Waals surface area contributed by atoms with Crippen LogP contribution in [0.2, 0.25) is 0 Å². The maximum Gasteiger partial charge on any atom is 0.267 e. The lowest BCUT2D eigenvalue weighted by atomic mass is 10.0. The number of H-pyrrole nitrogens is 1. The summed E-state index contributed by atoms with van der Waals surface area (Å²) in [7, 11) is 0. The van der Waals surface area contributed by atoms with Gasteiger partial charge in [-0.25, -0.2) is 0 Å². The molecule has 0 fully saturated rings. The SMILES string of the molecule is CC(C)C(CN)NC(=O)c1ccc[nH]1. The molecule has 1 aromatic rings. The second kappa shape index (κ2) is 4.81. The molecule has 4 nitrogen and oxygen atoms in total. The lowest BCUT2D eigenvalue weighted by molar-refractivity contribution is 0.0923. The fourth-order valence-corrected chi connectivity index (χ4v) is 1.22. The van der Waals surface area contributed by atoms with Gasteiger partial charge in [0.15, 0.2) is 0 Å². The molecule has 0 aliphatic rings. The Morgan fingerprint density at radius 3 is 2.79 bits per heavy atom. The summed E-state index contributed by atoms with van der Waals surface area (Å²) in [5, 5.41) is 2.87. The number of rotatable bonds is 4. The van der Waals surface area contributed by atoms with E-state index in [2.05, 4.69) is 10.3 Å². The first-order valence-electron chi connectivity index (χ1n) is 4.79. The van der Waals surface area contributed by atoms with E-state index in [1.54, 1.807) is 18.3 Å². The molecule has 0 saturated heterocycles. The Bertz CT molecular complexity index is 280. The molecule has 0 aliphatic carbocycles. The largest absolute Gasteiger partial charge is 0.357 e. The van der Waals surface area contributed by atoms with E-state index in [0.29, 0.717) is 18.2 Å². The molecule has 1 atom stereocenters. The van der Waals surface area contributed by atoms with Crippen LogP contribution in [0.4, 0.5) is 0 Å². The molecule has 0 spiro atoms. The van der Waals surface area contributed by atoms with E-state index in [1.807, 2.05) is 13.8 Å². The molecule has 0 radical (unpaired) electrons. The summed E-state index contributed by atoms with van der Waals surface area (Å²) in [6.07, 6.45) is 1.72. The molecule has 14 heavy (non-hydrogen) atoms. The average molecular weight is 195 g/mol. The predicted octanol–water partition coefficient (Wildman–Crippen LogP) is 0.728. The Labute approximate surface area is 83.9 Å². The summed E-state index contributed by atoms with van der Waals surface area (Å²) >= 11 is 0. The van der Waals surface area contributed by atoms with Crippen LogP contribution in [0.1, 0.15) is 24.3 Å². The standard InChI is InChI=1S/C10H17N3O/c1-7(2)9(6-11)13-10(14)8-4-3-5-12-8/h3-5,7,9,12H,6,11H2,1-2H3,(H,13,14). The molecule has 4 N–H and O–H groups in total. The minimum Gasteiger partial charge on any atom is -0.357 e. The van der Waals surface area contributed by atoms with Crippen molar-refractivity contribution in [3.8, 4) is 0 Å². The van der Waals surface area contributed by atoms with Crippen LogP contribution in [0.5, 0.6) is 0 Å². The number of carbonyl (C=O) groups excluding carboxylic acids is 1. The summed E-state index contributed by atoms with van der Waals surface area (Å²) in [6, 6.07) is 3.57. The first-order chi connectivity index (χ1) is 6.65. The normalized spacial score (nSPS) is 12.9. The van der Waals surface area contributed by atoms with Crippen molar-refractivity contribution in [1.29, 1.82) is 0 Å². The van der Waals surface area contributed by atoms with Crippen LogP contribution in [0.3, 0.4) is 0 Å². The number of amides is 1. The van der Waals surface area contributed by atoms with Gasteiger partial charge in [-0.2, -0.15) is 0 Å². The highest BCUT2D eigenvalue weighted by atomic mass is 16.1. The molecule has 4 heteroatoms. The number of aromatic nitrogens is 1. The van der Waals surface area contributed by atoms with Gasteiger partial charge in [0, 0.05) is 18.8 Å². The van der Waals surface area contributed by atoms with Crippen LogP contribution < -0.4 is 11.1 Å². The molecule has 1 aromatic heterocycles. The van der Waals surface area contributed by atoms with Crippen molar-refractivity contribution >= 4 is 5.91 Å². The quantitative estimate of drug-likeness (QED) is 0.662. The van der Waals surface area contributed by atoms with Gasteiger partial charge in [0.05, 0.1) is 0 Å². The number of nitrogens with two attached hydrogens (primary N) is 1. The van der Waals surface area contributed by atoms with Crippen molar-refractivity contribution in [3.63, 3.8) is 0 Å². The smallest absolute Gasteiger partial charge is 0.267 e. The van der Waals surface area contributed by atoms with E-state index in [4.69, 9.17) is 5.73 Å². The predicted molar refractivity (Wildman–Crippen MR) is 55.9 cm³/mol. The Morgan fingerprint density at radius 2 is 2.36 bits per heavy atom. The Kier molecular flexibility index (Phi) is 3.71. The van der Waals surface area contributed by atoms with Gasteiger partial charge in [-0.05, 0) is 18.1 Å². The summed E-state index contributed by atoms with van der Waals surface area (Å²) < 4.78 is 0. The molecule has 0 aromatic carbocycles. The van der Waals surface area contributed by atoms with Gasteiger partial charge in [-0.1, -0.05) is 13.8 Å². The molecule has 0 aliphatic heterocycles. The van der Waals surface area contributed by atoms with Gasteiger partial charge < -0.3 is 16.0 Å². The van der Waals surface area contributed by atoms with Crippen molar-refractivity contribution in [2.75, 3.05) is 6.54 Å². The highest BCUT2D eigenvalue weighted by molar-refractivity contribution is 5.92. The monoisotopic (exact) mass is 195 g/mol. The first-order valence-corrected chi connectivity index (χ1v) is 4.79. The fraction of sp³-hybridized carbons (Fsp3) is 0.500. The Hall–Kier alpha value is -1.29. The molecule has 0 bridgehead atoms. The van der Waals surface area contributed by atoms with Crippen LogP contribution in [-0.4, -0.2) is 23.5 Å². The fourth-order valence-electron chi connectivity index (χ4n) is 1.22. The average Bonchev–Trinajstić information content (AvgIpc) is 2.65. The van der Waals surface area contributed by atoms with Gasteiger partial charge >= 0.3 is 0 Å². The second-order valence-electron chi connectivity index (χ2n) is 3.64. The van der Waals surface area contributed by atoms with Gasteiger partial charge in [-0.3, -0.25) is 4.79 Å². The van der Waals surface area contributed by atoms with Crippen molar-refractivity contribution in [2.45, 2.75) is 19.9 Å². The van der Waals surface area contributed by atoms with E-state index in [9.17, 15) is 4.79 Å². The van der Waals surface area contributed by atoms with Crippen molar-refractivity contribution in [3.05, 3.63) is 24.0 Å². The zero-order valence-corrected chi connectivity index (χ0v) is 8.58. The molecule has 1 unspecified atom stereocenters. The number of hydrogen-bond donors (Lipinski definition) is 3. The lowest BCUT2D eigenvalue weighted by Gasteiger charge is -2.19. The number of nitrogens with one attached hydrogen (secondary N) is 2. The van der Waals surface area contributed by atoms with Crippen molar-refractivity contribution in [2.24, 2.45) is 11.7 Å². The summed E-state index contributed by atoms with van der Waals surface area (Å²) in [6.45, 7) is 4.53. The topological polar surface area (TPSA) is 70.9 Å². The molecule has 1 rings (SSSR count). The van der Waals surface area contributed by atoms with E-state index >= 15 is 0 Å². The van der Waals surface area contributed by atoms with Crippen molar-refractivity contribution < 1.29 is 4.79 Å². The number of carbonyl (C=O) groups is 1. The number of aromatic amines is 1. The summed E-state index contributed by atoms with van der Waals surface area (Å²) in [5.41, 5.74) is 6.12. The van der Waals surface area contributed by atoms with Crippen LogP contribution >= 0.6 is 0 Å². The van der Waals surface area contributed by atoms with E-state index in [0.717, 1.165) is 0 Å². The number of hydrogen-bond acceptors (Lipinski definition) is 2. The Morgan fingerprint density at radius 1 is 1.64 bits per heavy atom. The zero-order valence-electron chi connectivity index (χ0n) is 8.58. The molecule has 0 saturated carbocycles. The van der Waals surface area contributed by atoms with Crippen LogP contribution in [0.25, 0.3) is 0 Å².